The Balaban J connectivity index is 2.26. The van der Waals surface area contributed by atoms with Gasteiger partial charge in [0.2, 0.25) is 5.91 Å². The van der Waals surface area contributed by atoms with Gasteiger partial charge in [0.25, 0.3) is 0 Å². The van der Waals surface area contributed by atoms with Gasteiger partial charge >= 0.3 is 5.97 Å². The number of carbonyl (C=O) groups is 2. The van der Waals surface area contributed by atoms with E-state index in [9.17, 15) is 9.59 Å². The Labute approximate surface area is 116 Å². The highest BCUT2D eigenvalue weighted by Gasteiger charge is 2.26. The summed E-state index contributed by atoms with van der Waals surface area (Å²) in [5.74, 6) is 0.549. The Hall–Kier alpha value is -1.06. The second-order valence-corrected chi connectivity index (χ2v) is 6.84. The third-order valence-corrected chi connectivity index (χ3v) is 3.99. The molecule has 0 heterocycles. The maximum Gasteiger partial charge on any atom is 0.303 e. The molecule has 0 aromatic carbocycles. The SMILES string of the molecule is CC1CCC(CNC(=O)CC(C)(C)CC(=O)O)CC1. The molecule has 1 amide bonds. The van der Waals surface area contributed by atoms with Crippen LogP contribution in [0.25, 0.3) is 0 Å². The van der Waals surface area contributed by atoms with Crippen LogP contribution in [-0.2, 0) is 9.59 Å². The standard InChI is InChI=1S/C15H27NO3/c1-11-4-6-12(7-5-11)10-16-13(17)8-15(2,3)9-14(18)19/h11-12H,4-10H2,1-3H3,(H,16,17)(H,18,19). The van der Waals surface area contributed by atoms with Crippen LogP contribution in [0.2, 0.25) is 0 Å². The minimum absolute atomic E-state index is 0.0233. The van der Waals surface area contributed by atoms with Crippen molar-refractivity contribution in [2.75, 3.05) is 6.54 Å². The molecule has 0 atom stereocenters. The molecule has 4 nitrogen and oxygen atoms in total. The van der Waals surface area contributed by atoms with Gasteiger partial charge in [-0.2, -0.15) is 0 Å². The van der Waals surface area contributed by atoms with E-state index in [0.29, 0.717) is 5.92 Å². The summed E-state index contributed by atoms with van der Waals surface area (Å²) in [5.41, 5.74) is -0.475. The Kier molecular flexibility index (Phi) is 5.83. The Morgan fingerprint density at radius 3 is 2.26 bits per heavy atom. The summed E-state index contributed by atoms with van der Waals surface area (Å²) < 4.78 is 0. The largest absolute Gasteiger partial charge is 0.481 e. The van der Waals surface area contributed by atoms with Crippen molar-refractivity contribution >= 4 is 11.9 Å². The van der Waals surface area contributed by atoms with Crippen LogP contribution in [0, 0.1) is 17.3 Å². The molecular weight excluding hydrogens is 242 g/mol. The summed E-state index contributed by atoms with van der Waals surface area (Å²) in [6.07, 6.45) is 5.21. The maximum absolute atomic E-state index is 11.8. The zero-order valence-electron chi connectivity index (χ0n) is 12.4. The van der Waals surface area contributed by atoms with Gasteiger partial charge in [0, 0.05) is 13.0 Å². The molecule has 2 N–H and O–H groups in total. The number of amides is 1. The molecule has 4 heteroatoms. The molecule has 0 bridgehead atoms. The first-order valence-electron chi connectivity index (χ1n) is 7.27. The molecular formula is C15H27NO3. The lowest BCUT2D eigenvalue weighted by molar-refractivity contribution is -0.139. The molecule has 0 aliphatic heterocycles. The van der Waals surface area contributed by atoms with Gasteiger partial charge in [-0.3, -0.25) is 9.59 Å². The summed E-state index contributed by atoms with van der Waals surface area (Å²) in [7, 11) is 0. The lowest BCUT2D eigenvalue weighted by Gasteiger charge is -2.27. The van der Waals surface area contributed by atoms with E-state index >= 15 is 0 Å². The van der Waals surface area contributed by atoms with Crippen LogP contribution in [0.1, 0.15) is 59.3 Å². The first kappa shape index (κ1) is 16.0. The van der Waals surface area contributed by atoms with Crippen molar-refractivity contribution in [3.05, 3.63) is 0 Å². The van der Waals surface area contributed by atoms with Crippen LogP contribution in [0.4, 0.5) is 0 Å². The van der Waals surface area contributed by atoms with Crippen LogP contribution < -0.4 is 5.32 Å². The van der Waals surface area contributed by atoms with Gasteiger partial charge < -0.3 is 10.4 Å². The second-order valence-electron chi connectivity index (χ2n) is 6.84. The average Bonchev–Trinajstić information content (AvgIpc) is 2.25. The zero-order chi connectivity index (χ0) is 14.5. The number of nitrogens with one attached hydrogen (secondary N) is 1. The molecule has 0 unspecified atom stereocenters. The fourth-order valence-corrected chi connectivity index (χ4v) is 2.76. The number of rotatable bonds is 6. The number of carboxylic acid groups (broad SMARTS) is 1. The van der Waals surface area contributed by atoms with Gasteiger partial charge in [-0.05, 0) is 30.1 Å². The van der Waals surface area contributed by atoms with Gasteiger partial charge in [0.1, 0.15) is 0 Å². The molecule has 110 valence electrons. The van der Waals surface area contributed by atoms with E-state index in [4.69, 9.17) is 5.11 Å². The van der Waals surface area contributed by atoms with Crippen LogP contribution >= 0.6 is 0 Å². The van der Waals surface area contributed by atoms with Crippen molar-refractivity contribution < 1.29 is 14.7 Å². The molecule has 0 saturated heterocycles. The van der Waals surface area contributed by atoms with Crippen LogP contribution in [0.3, 0.4) is 0 Å². The van der Waals surface area contributed by atoms with Crippen molar-refractivity contribution in [1.82, 2.24) is 5.32 Å². The molecule has 1 saturated carbocycles. The smallest absolute Gasteiger partial charge is 0.303 e. The van der Waals surface area contributed by atoms with Crippen LogP contribution in [0.15, 0.2) is 0 Å². The minimum atomic E-state index is -0.848. The summed E-state index contributed by atoms with van der Waals surface area (Å²) in [6, 6.07) is 0. The average molecular weight is 269 g/mol. The van der Waals surface area contributed by atoms with E-state index in [0.717, 1.165) is 12.5 Å². The second kappa shape index (κ2) is 6.92. The third kappa shape index (κ3) is 6.60. The molecule has 1 rings (SSSR count). The number of hydrogen-bond donors (Lipinski definition) is 2. The number of aliphatic carboxylic acids is 1. The maximum atomic E-state index is 11.8. The van der Waals surface area contributed by atoms with Gasteiger partial charge in [0.05, 0.1) is 6.42 Å². The quantitative estimate of drug-likeness (QED) is 0.779. The highest BCUT2D eigenvalue weighted by molar-refractivity contribution is 5.77. The predicted octanol–water partition coefficient (Wildman–Crippen LogP) is 2.82. The lowest BCUT2D eigenvalue weighted by atomic mass is 9.82. The monoisotopic (exact) mass is 269 g/mol. The van der Waals surface area contributed by atoms with E-state index in [-0.39, 0.29) is 18.7 Å². The van der Waals surface area contributed by atoms with E-state index in [1.54, 1.807) is 0 Å². The normalized spacial score (nSPS) is 23.9. The van der Waals surface area contributed by atoms with Crippen LogP contribution in [-0.4, -0.2) is 23.5 Å². The highest BCUT2D eigenvalue weighted by atomic mass is 16.4. The van der Waals surface area contributed by atoms with Crippen molar-refractivity contribution in [2.24, 2.45) is 17.3 Å². The van der Waals surface area contributed by atoms with Gasteiger partial charge in [-0.25, -0.2) is 0 Å². The van der Waals surface area contributed by atoms with E-state index < -0.39 is 11.4 Å². The van der Waals surface area contributed by atoms with E-state index in [1.807, 2.05) is 13.8 Å². The predicted molar refractivity (Wildman–Crippen MR) is 74.8 cm³/mol. The van der Waals surface area contributed by atoms with Gasteiger partial charge in [-0.1, -0.05) is 33.6 Å². The number of carbonyl (C=O) groups excluding carboxylic acids is 1. The van der Waals surface area contributed by atoms with Gasteiger partial charge in [-0.15, -0.1) is 0 Å². The van der Waals surface area contributed by atoms with Crippen molar-refractivity contribution in [3.8, 4) is 0 Å². The van der Waals surface area contributed by atoms with Crippen molar-refractivity contribution in [3.63, 3.8) is 0 Å². The number of carboxylic acids is 1. The first-order chi connectivity index (χ1) is 8.78. The molecule has 1 aliphatic carbocycles. The molecule has 19 heavy (non-hydrogen) atoms. The molecule has 0 spiro atoms. The Bertz CT molecular complexity index is 317. The fourth-order valence-electron chi connectivity index (χ4n) is 2.76. The summed E-state index contributed by atoms with van der Waals surface area (Å²) >= 11 is 0. The minimum Gasteiger partial charge on any atom is -0.481 e. The highest BCUT2D eigenvalue weighted by Crippen LogP contribution is 2.28. The van der Waals surface area contributed by atoms with Crippen molar-refractivity contribution in [1.29, 1.82) is 0 Å². The van der Waals surface area contributed by atoms with Crippen molar-refractivity contribution in [2.45, 2.75) is 59.3 Å². The topological polar surface area (TPSA) is 66.4 Å². The fraction of sp³-hybridized carbons (Fsp3) is 0.867. The third-order valence-electron chi connectivity index (χ3n) is 3.99. The number of hydrogen-bond acceptors (Lipinski definition) is 2. The summed E-state index contributed by atoms with van der Waals surface area (Å²) in [4.78, 5) is 22.5. The molecule has 0 radical (unpaired) electrons. The van der Waals surface area contributed by atoms with E-state index in [2.05, 4.69) is 12.2 Å². The molecule has 1 fully saturated rings. The lowest BCUT2D eigenvalue weighted by Crippen LogP contribution is -2.34. The molecule has 1 aliphatic rings. The molecule has 0 aromatic heterocycles. The Morgan fingerprint density at radius 1 is 1.16 bits per heavy atom. The van der Waals surface area contributed by atoms with Crippen LogP contribution in [0.5, 0.6) is 0 Å². The summed E-state index contributed by atoms with van der Waals surface area (Å²) in [5, 5.41) is 11.8. The Morgan fingerprint density at radius 2 is 1.74 bits per heavy atom. The molecule has 0 aromatic rings. The van der Waals surface area contributed by atoms with Gasteiger partial charge in [0.15, 0.2) is 0 Å². The van der Waals surface area contributed by atoms with E-state index in [1.165, 1.54) is 25.7 Å². The first-order valence-corrected chi connectivity index (χ1v) is 7.27. The zero-order valence-corrected chi connectivity index (χ0v) is 12.4. The summed E-state index contributed by atoms with van der Waals surface area (Å²) in [6.45, 7) is 6.67.